The summed E-state index contributed by atoms with van der Waals surface area (Å²) in [5.41, 5.74) is -0.868. The van der Waals surface area contributed by atoms with Crippen LogP contribution >= 0.6 is 0 Å². The summed E-state index contributed by atoms with van der Waals surface area (Å²) in [5.74, 6) is -4.14. The zero-order valence-corrected chi connectivity index (χ0v) is 39.4. The first-order valence-electron chi connectivity index (χ1n) is 17.7. The van der Waals surface area contributed by atoms with E-state index in [2.05, 4.69) is 30.7 Å². The second-order valence-electron chi connectivity index (χ2n) is 13.0. The number of rotatable bonds is 13. The van der Waals surface area contributed by atoms with Gasteiger partial charge in [-0.15, -0.1) is 20.5 Å². The van der Waals surface area contributed by atoms with E-state index >= 15 is 0 Å². The number of aromatic hydroxyl groups is 6. The van der Waals surface area contributed by atoms with Crippen molar-refractivity contribution in [3.05, 3.63) is 142 Å². The van der Waals surface area contributed by atoms with Gasteiger partial charge in [0.25, 0.3) is 27.2 Å². The van der Waals surface area contributed by atoms with Gasteiger partial charge in [-0.1, -0.05) is 0 Å². The largest absolute Gasteiger partial charge is 1.00 e. The fraction of sp³-hybridized carbons (Fsp3) is 0. The molecule has 0 heterocycles. The van der Waals surface area contributed by atoms with E-state index in [-0.39, 0.29) is 81.3 Å². The number of nitrogens with two attached hydrogens (primary N) is 1. The first-order chi connectivity index (χ1) is 31.9. The Morgan fingerprint density at radius 1 is 0.493 bits per heavy atom. The van der Waals surface area contributed by atoms with Gasteiger partial charge in [0, 0.05) is 59.0 Å². The maximum absolute atomic E-state index is 12.0. The van der Waals surface area contributed by atoms with Gasteiger partial charge < -0.3 is 42.5 Å². The molecule has 0 unspecified atom stereocenters. The van der Waals surface area contributed by atoms with Crippen LogP contribution in [0.15, 0.2) is 127 Å². The third-order valence-electron chi connectivity index (χ3n) is 8.54. The number of phenols is 6. The van der Waals surface area contributed by atoms with E-state index < -0.39 is 125 Å². The molecule has 0 radical (unpaired) electrons. The van der Waals surface area contributed by atoms with Gasteiger partial charge in [-0.2, -0.15) is 18.6 Å². The van der Waals surface area contributed by atoms with Gasteiger partial charge in [-0.3, -0.25) is 55.1 Å². The van der Waals surface area contributed by atoms with Crippen LogP contribution in [0.1, 0.15) is 0 Å². The SMILES string of the molecule is Nc1cc(O)c(-c2ccc([N+](=O)[O-])cc2S(=O)(=O)O)c(O)c1N=Nc1ccc(N=Nc2cc([N+](=O)[O-])cc([N+](=O)[O-])c2O)cc1.O=[N+]([O-])c1cc(N=Nc2ccc(O)cc2O)c(O)c([N+](=O)[O-])c1.[Fe].[NH4+].[Na+]. The maximum atomic E-state index is 12.0. The van der Waals surface area contributed by atoms with Crippen molar-refractivity contribution in [2.75, 3.05) is 5.73 Å². The molecule has 6 rings (SSSR count). The summed E-state index contributed by atoms with van der Waals surface area (Å²) in [5, 5.41) is 137. The molecule has 0 amide bonds. The third-order valence-corrected chi connectivity index (χ3v) is 9.44. The molecule has 35 heteroatoms. The van der Waals surface area contributed by atoms with E-state index in [0.717, 1.165) is 36.4 Å². The van der Waals surface area contributed by atoms with Gasteiger partial charge >= 0.3 is 40.9 Å². The van der Waals surface area contributed by atoms with Gasteiger partial charge in [0.05, 0.1) is 59.4 Å². The molecular weight excluding hydrogens is 1030 g/mol. The number of quaternary nitrogens is 1. The maximum Gasteiger partial charge on any atom is 1.00 e. The molecule has 364 valence electrons. The number of hydrogen-bond donors (Lipinski definition) is 9. The van der Waals surface area contributed by atoms with Crippen LogP contribution < -0.4 is 41.4 Å². The number of non-ortho nitro benzene ring substituents is 3. The Bertz CT molecular complexity index is 3310. The first-order valence-corrected chi connectivity index (χ1v) is 19.1. The van der Waals surface area contributed by atoms with Crippen LogP contribution in [0, 0.1) is 50.6 Å². The van der Waals surface area contributed by atoms with Crippen LogP contribution in [-0.4, -0.2) is 68.2 Å². The number of azo groups is 3. The Morgan fingerprint density at radius 2 is 0.944 bits per heavy atom. The Morgan fingerprint density at radius 3 is 1.38 bits per heavy atom. The molecule has 6 aromatic carbocycles. The van der Waals surface area contributed by atoms with Crippen LogP contribution in [-0.2, 0) is 27.2 Å². The minimum Gasteiger partial charge on any atom is -0.508 e. The molecule has 0 aliphatic heterocycles. The zero-order chi connectivity index (χ0) is 50.4. The summed E-state index contributed by atoms with van der Waals surface area (Å²) < 4.78 is 33.6. The number of nitro benzene ring substituents is 5. The Hall–Kier alpha value is -8.89. The Kier molecular flexibility index (Phi) is 19.6. The predicted molar refractivity (Wildman–Crippen MR) is 234 cm³/mol. The van der Waals surface area contributed by atoms with Crippen LogP contribution in [0.4, 0.5) is 68.2 Å². The van der Waals surface area contributed by atoms with Crippen molar-refractivity contribution < 1.29 is 115 Å². The average Bonchev–Trinajstić information content (AvgIpc) is 3.25. The molecule has 0 saturated heterocycles. The van der Waals surface area contributed by atoms with Gasteiger partial charge in [0.15, 0.2) is 11.4 Å². The molecule has 6 aromatic rings. The minimum atomic E-state index is -5.09. The molecule has 0 spiro atoms. The summed E-state index contributed by atoms with van der Waals surface area (Å²) in [6, 6.07) is 14.6. The topological polar surface area (TPSA) is 528 Å². The number of phenolic OH excluding ortho intramolecular Hbond substituents is 6. The van der Waals surface area contributed by atoms with E-state index in [0.29, 0.717) is 18.2 Å². The van der Waals surface area contributed by atoms with Crippen molar-refractivity contribution in [2.24, 2.45) is 30.7 Å². The van der Waals surface area contributed by atoms with Crippen molar-refractivity contribution in [1.29, 1.82) is 0 Å². The van der Waals surface area contributed by atoms with Crippen LogP contribution in [0.3, 0.4) is 0 Å². The van der Waals surface area contributed by atoms with E-state index in [1.807, 2.05) is 0 Å². The molecule has 0 aliphatic rings. The van der Waals surface area contributed by atoms with Gasteiger partial charge in [-0.25, -0.2) is 0 Å². The number of anilines is 1. The van der Waals surface area contributed by atoms with Gasteiger partial charge in [0.1, 0.15) is 39.2 Å². The molecule has 0 aromatic heterocycles. The number of nitrogen functional groups attached to an aromatic ring is 1. The number of nitro groups is 5. The number of nitrogens with zero attached hydrogens (tertiary/aromatic N) is 11. The van der Waals surface area contributed by atoms with Crippen molar-refractivity contribution in [3.63, 3.8) is 0 Å². The molecule has 0 bridgehead atoms. The van der Waals surface area contributed by atoms with Crippen LogP contribution in [0.2, 0.25) is 0 Å². The Balaban J connectivity index is 0.000000563. The molecule has 0 aliphatic carbocycles. The first kappa shape index (κ1) is 58.2. The van der Waals surface area contributed by atoms with Crippen LogP contribution in [0.5, 0.6) is 34.5 Å². The van der Waals surface area contributed by atoms with Crippen molar-refractivity contribution in [2.45, 2.75) is 4.90 Å². The molecule has 32 nitrogen and oxygen atoms in total. The molecule has 0 fully saturated rings. The Labute approximate surface area is 425 Å². The predicted octanol–water partition coefficient (Wildman–Crippen LogP) is 6.27. The van der Waals surface area contributed by atoms with Gasteiger partial charge in [0.2, 0.25) is 11.5 Å². The summed E-state index contributed by atoms with van der Waals surface area (Å²) >= 11 is 0. The second kappa shape index (κ2) is 23.9. The van der Waals surface area contributed by atoms with E-state index in [1.165, 1.54) is 36.4 Å². The smallest absolute Gasteiger partial charge is 0.508 e. The monoisotopic (exact) mass is 1060 g/mol. The summed E-state index contributed by atoms with van der Waals surface area (Å²) in [6.07, 6.45) is 0. The van der Waals surface area contributed by atoms with Crippen molar-refractivity contribution >= 4 is 78.4 Å². The summed E-state index contributed by atoms with van der Waals surface area (Å²) in [6.45, 7) is 0. The number of hydrogen-bond acceptors (Lipinski definition) is 25. The molecular formula is C36H28FeN13NaO19S+2. The summed E-state index contributed by atoms with van der Waals surface area (Å²) in [7, 11) is -5.09. The normalized spacial score (nSPS) is 10.9. The minimum absolute atomic E-state index is 0. The molecule has 71 heavy (non-hydrogen) atoms. The zero-order valence-electron chi connectivity index (χ0n) is 35.4. The second-order valence-corrected chi connectivity index (χ2v) is 14.3. The fourth-order valence-electron chi connectivity index (χ4n) is 5.41. The van der Waals surface area contributed by atoms with Crippen molar-refractivity contribution in [1.82, 2.24) is 6.15 Å². The summed E-state index contributed by atoms with van der Waals surface area (Å²) in [4.78, 5) is 49.1. The molecule has 0 atom stereocenters. The van der Waals surface area contributed by atoms with E-state index in [4.69, 9.17) is 10.8 Å². The average molecular weight is 1060 g/mol. The molecule has 13 N–H and O–H groups in total. The third kappa shape index (κ3) is 13.9. The quantitative estimate of drug-likeness (QED) is 0.0154. The van der Waals surface area contributed by atoms with E-state index in [1.54, 1.807) is 0 Å². The van der Waals surface area contributed by atoms with Gasteiger partial charge in [-0.05, 0) is 42.5 Å². The fourth-order valence-corrected chi connectivity index (χ4v) is 6.13. The molecule has 0 saturated carbocycles. The van der Waals surface area contributed by atoms with Crippen molar-refractivity contribution in [3.8, 4) is 45.6 Å². The standard InChI is InChI=1S/C24H16N8O12S.C12H8N4O7.Fe.H3N.Na/c25-16-10-19(33)21(15-6-5-13(30(36)37)9-20(15)45(42,43)44)24(35)22(16)29-27-12-3-1-11(2-4-12)26-28-17-7-14(31(38)39)8-18(23(17)34)32(40)41;17-7-1-2-8(11(18)5-7)13-14-9-3-6(15(20)21)4-10(12(9)19)16(22)23;;;/h1-10,33-35H,25H2,(H,42,43,44);1-5,17-19H;;1H3;/q;;;;+1/p+1. The number of benzene rings is 6. The van der Waals surface area contributed by atoms with E-state index in [9.17, 15) is 89.1 Å². The van der Waals surface area contributed by atoms with Crippen LogP contribution in [0.25, 0.3) is 11.1 Å².